The van der Waals surface area contributed by atoms with Gasteiger partial charge in [-0.15, -0.1) is 21.6 Å². The van der Waals surface area contributed by atoms with Crippen LogP contribution < -0.4 is 0 Å². The van der Waals surface area contributed by atoms with Gasteiger partial charge in [0.15, 0.2) is 3.92 Å². The highest BCUT2D eigenvalue weighted by Crippen LogP contribution is 2.37. The summed E-state index contributed by atoms with van der Waals surface area (Å²) in [6.07, 6.45) is 0.458. The van der Waals surface area contributed by atoms with Crippen molar-refractivity contribution >= 4 is 64.6 Å². The van der Waals surface area contributed by atoms with E-state index in [1.165, 1.54) is 11.3 Å². The first-order chi connectivity index (χ1) is 10.1. The maximum Gasteiger partial charge on any atom is 0.161 e. The maximum absolute atomic E-state index is 11.0. The van der Waals surface area contributed by atoms with Crippen molar-refractivity contribution in [3.05, 3.63) is 39.8 Å². The number of thiophene rings is 1. The number of fused-ring (bicyclic) bond motifs is 1. The van der Waals surface area contributed by atoms with Crippen LogP contribution in [0.3, 0.4) is 0 Å². The summed E-state index contributed by atoms with van der Waals surface area (Å²) >= 11 is 6.46. The summed E-state index contributed by atoms with van der Waals surface area (Å²) in [4.78, 5) is 16.4. The molecule has 3 rings (SSSR count). The summed E-state index contributed by atoms with van der Waals surface area (Å²) in [6.45, 7) is 1.59. The first-order valence-electron chi connectivity index (χ1n) is 6.16. The smallest absolute Gasteiger partial charge is 0.161 e. The van der Waals surface area contributed by atoms with E-state index < -0.39 is 0 Å². The van der Waals surface area contributed by atoms with Crippen LogP contribution in [0, 0.1) is 0 Å². The normalized spacial score (nSPS) is 11.5. The van der Waals surface area contributed by atoms with Crippen molar-refractivity contribution in [2.24, 2.45) is 10.2 Å². The molecular formula is C14H10BrN3OS2. The minimum atomic E-state index is 0.154. The number of nitrogens with zero attached hydrogens (tertiary/aromatic N) is 3. The van der Waals surface area contributed by atoms with Gasteiger partial charge >= 0.3 is 0 Å². The number of hydrogen-bond acceptors (Lipinski definition) is 6. The summed E-state index contributed by atoms with van der Waals surface area (Å²) in [5.74, 6) is 0.154. The van der Waals surface area contributed by atoms with Crippen LogP contribution in [0.25, 0.3) is 9.53 Å². The van der Waals surface area contributed by atoms with Crippen molar-refractivity contribution in [2.75, 3.05) is 0 Å². The molecule has 0 saturated carbocycles. The fourth-order valence-electron chi connectivity index (χ4n) is 1.82. The maximum atomic E-state index is 11.0. The lowest BCUT2D eigenvalue weighted by molar-refractivity contribution is -0.116. The lowest BCUT2D eigenvalue weighted by Gasteiger charge is -1.97. The molecule has 0 aliphatic carbocycles. The van der Waals surface area contributed by atoms with Crippen LogP contribution in [0.1, 0.15) is 12.5 Å². The highest BCUT2D eigenvalue weighted by Gasteiger charge is 2.06. The van der Waals surface area contributed by atoms with Gasteiger partial charge in [0.1, 0.15) is 15.6 Å². The average molecular weight is 380 g/mol. The van der Waals surface area contributed by atoms with Crippen LogP contribution in [0.4, 0.5) is 10.7 Å². The van der Waals surface area contributed by atoms with Crippen molar-refractivity contribution < 1.29 is 4.79 Å². The number of Topliss-reactive ketones (excluding diaryl/α,β-unsaturated/α-hetero) is 1. The quantitative estimate of drug-likeness (QED) is 0.548. The number of azo groups is 1. The largest absolute Gasteiger partial charge is 0.300 e. The molecule has 0 aliphatic rings. The SMILES string of the molecule is CC(=O)Cc1ccc(N=Nc2cc3sc(Br)nc3s2)cc1. The van der Waals surface area contributed by atoms with Gasteiger partial charge in [-0.25, -0.2) is 4.98 Å². The molecular weight excluding hydrogens is 370 g/mol. The molecule has 3 aromatic rings. The predicted molar refractivity (Wildman–Crippen MR) is 90.2 cm³/mol. The van der Waals surface area contributed by atoms with Gasteiger partial charge in [-0.1, -0.05) is 23.5 Å². The van der Waals surface area contributed by atoms with E-state index in [4.69, 9.17) is 0 Å². The summed E-state index contributed by atoms with van der Waals surface area (Å²) in [7, 11) is 0. The number of rotatable bonds is 4. The number of carbonyl (C=O) groups excluding carboxylic acids is 1. The van der Waals surface area contributed by atoms with E-state index in [0.29, 0.717) is 6.42 Å². The molecule has 4 nitrogen and oxygen atoms in total. The van der Waals surface area contributed by atoms with Crippen molar-refractivity contribution in [3.8, 4) is 0 Å². The van der Waals surface area contributed by atoms with Crippen LogP contribution in [0.15, 0.2) is 44.5 Å². The molecule has 0 amide bonds. The summed E-state index contributed by atoms with van der Waals surface area (Å²) in [6, 6.07) is 9.53. The lowest BCUT2D eigenvalue weighted by Crippen LogP contribution is -1.94. The molecule has 0 fully saturated rings. The molecule has 0 bridgehead atoms. The van der Waals surface area contributed by atoms with Gasteiger partial charge in [0, 0.05) is 6.42 Å². The Morgan fingerprint density at radius 3 is 2.67 bits per heavy atom. The minimum absolute atomic E-state index is 0.154. The van der Waals surface area contributed by atoms with E-state index in [1.807, 2.05) is 30.3 Å². The topological polar surface area (TPSA) is 54.7 Å². The second kappa shape index (κ2) is 6.13. The number of thiazole rings is 1. The van der Waals surface area contributed by atoms with E-state index >= 15 is 0 Å². The zero-order valence-electron chi connectivity index (χ0n) is 11.0. The lowest BCUT2D eigenvalue weighted by atomic mass is 10.1. The number of halogens is 1. The van der Waals surface area contributed by atoms with Crippen molar-refractivity contribution in [1.82, 2.24) is 4.98 Å². The second-order valence-corrected chi connectivity index (χ2v) is 7.78. The molecule has 0 saturated heterocycles. The molecule has 0 unspecified atom stereocenters. The van der Waals surface area contributed by atoms with Gasteiger partial charge in [0.25, 0.3) is 0 Å². The minimum Gasteiger partial charge on any atom is -0.300 e. The van der Waals surface area contributed by atoms with Gasteiger partial charge < -0.3 is 0 Å². The van der Waals surface area contributed by atoms with Gasteiger partial charge in [0.2, 0.25) is 0 Å². The van der Waals surface area contributed by atoms with Gasteiger partial charge in [0.05, 0.1) is 10.4 Å². The number of aromatic nitrogens is 1. The van der Waals surface area contributed by atoms with Crippen molar-refractivity contribution in [3.63, 3.8) is 0 Å². The molecule has 106 valence electrons. The Labute approximate surface area is 137 Å². The van der Waals surface area contributed by atoms with Crippen LogP contribution in [-0.4, -0.2) is 10.8 Å². The highest BCUT2D eigenvalue weighted by molar-refractivity contribution is 9.11. The fourth-order valence-corrected chi connectivity index (χ4v) is 4.40. The van der Waals surface area contributed by atoms with Crippen molar-refractivity contribution in [1.29, 1.82) is 0 Å². The Hall–Kier alpha value is -1.44. The molecule has 0 spiro atoms. The molecule has 7 heteroatoms. The zero-order valence-corrected chi connectivity index (χ0v) is 14.3. The highest BCUT2D eigenvalue weighted by atomic mass is 79.9. The summed E-state index contributed by atoms with van der Waals surface area (Å²) in [5.41, 5.74) is 1.76. The molecule has 21 heavy (non-hydrogen) atoms. The average Bonchev–Trinajstić information content (AvgIpc) is 2.94. The van der Waals surface area contributed by atoms with E-state index in [2.05, 4.69) is 31.1 Å². The van der Waals surface area contributed by atoms with E-state index in [9.17, 15) is 4.79 Å². The monoisotopic (exact) mass is 379 g/mol. The van der Waals surface area contributed by atoms with Crippen molar-refractivity contribution in [2.45, 2.75) is 13.3 Å². The Morgan fingerprint density at radius 2 is 2.00 bits per heavy atom. The summed E-state index contributed by atoms with van der Waals surface area (Å²) < 4.78 is 1.99. The van der Waals surface area contributed by atoms with Crippen LogP contribution in [0.2, 0.25) is 0 Å². The van der Waals surface area contributed by atoms with E-state index in [0.717, 1.165) is 29.7 Å². The number of hydrogen-bond donors (Lipinski definition) is 0. The number of ketones is 1. The molecule has 2 aromatic heterocycles. The third-order valence-electron chi connectivity index (χ3n) is 2.70. The number of carbonyl (C=O) groups is 1. The Balaban J connectivity index is 1.75. The Bertz CT molecular complexity index is 789. The van der Waals surface area contributed by atoms with E-state index in [1.54, 1.807) is 18.3 Å². The van der Waals surface area contributed by atoms with Gasteiger partial charge in [-0.2, -0.15) is 0 Å². The Kier molecular flexibility index (Phi) is 4.23. The van der Waals surface area contributed by atoms with E-state index in [-0.39, 0.29) is 5.78 Å². The Morgan fingerprint density at radius 1 is 1.24 bits per heavy atom. The standard InChI is InChI=1S/C14H10BrN3OS2/c1-8(19)6-9-2-4-10(5-3-9)17-18-12-7-11-13(21-12)16-14(15)20-11/h2-5,7H,6H2,1H3. The predicted octanol–water partition coefficient (Wildman–Crippen LogP) is 5.67. The first kappa shape index (κ1) is 14.5. The second-order valence-electron chi connectivity index (χ2n) is 4.47. The third kappa shape index (κ3) is 3.61. The fraction of sp³-hybridized carbons (Fsp3) is 0.143. The molecule has 1 aromatic carbocycles. The van der Waals surface area contributed by atoms with Gasteiger partial charge in [-0.05, 0) is 46.6 Å². The first-order valence-corrected chi connectivity index (χ1v) is 8.59. The zero-order chi connectivity index (χ0) is 14.8. The molecule has 0 radical (unpaired) electrons. The molecule has 0 N–H and O–H groups in total. The van der Waals surface area contributed by atoms with Crippen LogP contribution >= 0.6 is 38.6 Å². The molecule has 2 heterocycles. The summed E-state index contributed by atoms with van der Waals surface area (Å²) in [5, 5.41) is 9.28. The molecule has 0 aliphatic heterocycles. The van der Waals surface area contributed by atoms with Crippen LogP contribution in [0.5, 0.6) is 0 Å². The number of benzene rings is 1. The van der Waals surface area contributed by atoms with Gasteiger partial charge in [-0.3, -0.25) is 4.79 Å². The molecule has 0 atom stereocenters. The van der Waals surface area contributed by atoms with Crippen LogP contribution in [-0.2, 0) is 11.2 Å². The third-order valence-corrected chi connectivity index (χ3v) is 5.20.